The third-order valence-electron chi connectivity index (χ3n) is 6.79. The van der Waals surface area contributed by atoms with E-state index in [9.17, 15) is 28.8 Å². The van der Waals surface area contributed by atoms with Crippen LogP contribution in [-0.4, -0.2) is 85.5 Å². The molecule has 1 aliphatic heterocycles. The van der Waals surface area contributed by atoms with E-state index in [2.05, 4.69) is 11.9 Å². The van der Waals surface area contributed by atoms with Crippen LogP contribution in [0.5, 0.6) is 5.75 Å². The minimum atomic E-state index is -1.75. The van der Waals surface area contributed by atoms with Crippen molar-refractivity contribution >= 4 is 35.8 Å². The van der Waals surface area contributed by atoms with Gasteiger partial charge in [0.25, 0.3) is 5.91 Å². The first-order valence-corrected chi connectivity index (χ1v) is 13.8. The molecular formula is C30H40N2O12. The van der Waals surface area contributed by atoms with E-state index in [-0.39, 0.29) is 18.4 Å². The Morgan fingerprint density at radius 2 is 1.61 bits per heavy atom. The summed E-state index contributed by atoms with van der Waals surface area (Å²) in [5, 5.41) is 2.65. The molecule has 3 N–H and O–H groups in total. The van der Waals surface area contributed by atoms with E-state index in [0.29, 0.717) is 16.9 Å². The third-order valence-corrected chi connectivity index (χ3v) is 6.79. The van der Waals surface area contributed by atoms with E-state index < -0.39 is 78.4 Å². The van der Waals surface area contributed by atoms with E-state index in [1.54, 1.807) is 13.8 Å². The molecule has 1 aromatic rings. The molecule has 0 unspecified atom stereocenters. The molecule has 1 saturated heterocycles. The molecular weight excluding hydrogens is 580 g/mol. The molecule has 1 fully saturated rings. The second-order valence-corrected chi connectivity index (χ2v) is 10.5. The number of ether oxygens (including phenoxy) is 6. The number of nitrogens with one attached hydrogen (secondary N) is 1. The zero-order valence-corrected chi connectivity index (χ0v) is 25.9. The maximum atomic E-state index is 13.2. The first-order chi connectivity index (χ1) is 20.5. The van der Waals surface area contributed by atoms with Gasteiger partial charge in [-0.1, -0.05) is 6.08 Å². The van der Waals surface area contributed by atoms with Crippen LogP contribution in [0.4, 0.5) is 0 Å². The Kier molecular flexibility index (Phi) is 12.6. The van der Waals surface area contributed by atoms with Crippen molar-refractivity contribution in [3.8, 4) is 5.75 Å². The number of carbonyl (C=O) groups excluding carboxylic acids is 6. The van der Waals surface area contributed by atoms with Gasteiger partial charge in [-0.05, 0) is 37.1 Å². The number of esters is 5. The van der Waals surface area contributed by atoms with Crippen LogP contribution in [0, 0.1) is 13.8 Å². The van der Waals surface area contributed by atoms with Crippen molar-refractivity contribution in [1.82, 2.24) is 5.32 Å². The average molecular weight is 621 g/mol. The second kappa shape index (κ2) is 15.4. The van der Waals surface area contributed by atoms with Gasteiger partial charge in [-0.25, -0.2) is 4.79 Å². The molecule has 242 valence electrons. The number of rotatable bonds is 12. The maximum Gasteiger partial charge on any atom is 0.338 e. The Labute approximate surface area is 255 Å². The summed E-state index contributed by atoms with van der Waals surface area (Å²) in [5.41, 5.74) is 5.98. The Bertz CT molecular complexity index is 1270. The van der Waals surface area contributed by atoms with Crippen LogP contribution in [0.2, 0.25) is 0 Å². The van der Waals surface area contributed by atoms with Gasteiger partial charge >= 0.3 is 29.8 Å². The van der Waals surface area contributed by atoms with E-state index in [4.69, 9.17) is 34.2 Å². The van der Waals surface area contributed by atoms with Gasteiger partial charge in [0.2, 0.25) is 0 Å². The lowest BCUT2D eigenvalue weighted by atomic mass is 9.82. The van der Waals surface area contributed by atoms with Gasteiger partial charge in [0.05, 0.1) is 19.7 Å². The molecule has 1 amide bonds. The van der Waals surface area contributed by atoms with E-state index in [1.807, 2.05) is 0 Å². The van der Waals surface area contributed by atoms with Crippen LogP contribution in [0.25, 0.3) is 0 Å². The Morgan fingerprint density at radius 3 is 2.09 bits per heavy atom. The summed E-state index contributed by atoms with van der Waals surface area (Å²) >= 11 is 0. The summed E-state index contributed by atoms with van der Waals surface area (Å²) < 4.78 is 32.8. The highest BCUT2D eigenvalue weighted by Crippen LogP contribution is 2.37. The van der Waals surface area contributed by atoms with Gasteiger partial charge in [0, 0.05) is 46.1 Å². The monoisotopic (exact) mass is 620 g/mol. The van der Waals surface area contributed by atoms with Crippen LogP contribution >= 0.6 is 0 Å². The van der Waals surface area contributed by atoms with E-state index in [1.165, 1.54) is 25.1 Å². The Morgan fingerprint density at radius 1 is 1.02 bits per heavy atom. The van der Waals surface area contributed by atoms with Gasteiger partial charge in [0.15, 0.2) is 17.8 Å². The smallest absolute Gasteiger partial charge is 0.338 e. The number of methoxy groups -OCH3 is 1. The van der Waals surface area contributed by atoms with Crippen molar-refractivity contribution < 1.29 is 57.2 Å². The molecule has 0 spiro atoms. The predicted octanol–water partition coefficient (Wildman–Crippen LogP) is 1.36. The molecule has 0 bridgehead atoms. The lowest BCUT2D eigenvalue weighted by molar-refractivity contribution is -0.236. The number of benzene rings is 1. The topological polar surface area (TPSA) is 196 Å². The Hall–Kier alpha value is -4.30. The predicted molar refractivity (Wildman–Crippen MR) is 153 cm³/mol. The Balaban J connectivity index is 2.52. The highest BCUT2D eigenvalue weighted by Gasteiger charge is 2.56. The fraction of sp³-hybridized carbons (Fsp3) is 0.533. The van der Waals surface area contributed by atoms with Gasteiger partial charge in [-0.3, -0.25) is 24.0 Å². The first-order valence-electron chi connectivity index (χ1n) is 13.8. The molecule has 0 aromatic heterocycles. The maximum absolute atomic E-state index is 13.2. The normalized spacial score (nSPS) is 22.4. The van der Waals surface area contributed by atoms with Crippen molar-refractivity contribution in [2.75, 3.05) is 13.7 Å². The number of aryl methyl sites for hydroxylation is 2. The standard InChI is InChI=1S/C30H40N2O12/c1-9-10-30(29(38)39-8)13-22(40-17(4)33)24(31)27(44-30)26(43-20(7)36)23(41-18(5)34)14-32-28(37)21-11-15(2)25(16(3)12-21)42-19(6)35/h9,11-12,22-24,26-27H,1,10,13-14,31H2,2-8H3,(H,32,37)/t22-,23+,24+,26+,27+,30+/m0/s1. The molecule has 1 heterocycles. The summed E-state index contributed by atoms with van der Waals surface area (Å²) in [6, 6.07) is 1.84. The summed E-state index contributed by atoms with van der Waals surface area (Å²) in [6.45, 7) is 11.2. The molecule has 1 aromatic carbocycles. The lowest BCUT2D eigenvalue weighted by Gasteiger charge is -2.47. The summed E-state index contributed by atoms with van der Waals surface area (Å²) in [4.78, 5) is 74.1. The molecule has 0 radical (unpaired) electrons. The number of hydrogen-bond donors (Lipinski definition) is 2. The fourth-order valence-electron chi connectivity index (χ4n) is 5.11. The van der Waals surface area contributed by atoms with Crippen LogP contribution in [0.3, 0.4) is 0 Å². The van der Waals surface area contributed by atoms with Crippen molar-refractivity contribution in [2.24, 2.45) is 5.73 Å². The number of nitrogens with two attached hydrogens (primary N) is 1. The zero-order chi connectivity index (χ0) is 33.4. The SMILES string of the molecule is C=CC[C@]1(C(=O)OC)C[C@H](OC(C)=O)[C@@H](N)[C@H]([C@H](OC(C)=O)[C@@H](CNC(=O)c2cc(C)c(OC(C)=O)c(C)c2)OC(C)=O)O1. The lowest BCUT2D eigenvalue weighted by Crippen LogP contribution is -2.67. The molecule has 44 heavy (non-hydrogen) atoms. The number of carbonyl (C=O) groups is 6. The summed E-state index contributed by atoms with van der Waals surface area (Å²) in [7, 11) is 1.14. The highest BCUT2D eigenvalue weighted by atomic mass is 16.6. The van der Waals surface area contributed by atoms with Crippen molar-refractivity contribution in [3.63, 3.8) is 0 Å². The molecule has 14 nitrogen and oxygen atoms in total. The fourth-order valence-corrected chi connectivity index (χ4v) is 5.11. The van der Waals surface area contributed by atoms with Crippen molar-refractivity contribution in [1.29, 1.82) is 0 Å². The molecule has 6 atom stereocenters. The highest BCUT2D eigenvalue weighted by molar-refractivity contribution is 5.95. The third kappa shape index (κ3) is 9.10. The molecule has 1 aliphatic rings. The van der Waals surface area contributed by atoms with Crippen molar-refractivity contribution in [2.45, 2.75) is 90.4 Å². The number of amides is 1. The summed E-state index contributed by atoms with van der Waals surface area (Å²) in [5.74, 6) is -3.91. The molecule has 14 heteroatoms. The van der Waals surface area contributed by atoms with Crippen molar-refractivity contribution in [3.05, 3.63) is 41.5 Å². The van der Waals surface area contributed by atoms with E-state index in [0.717, 1.165) is 27.9 Å². The zero-order valence-electron chi connectivity index (χ0n) is 25.9. The molecule has 0 aliphatic carbocycles. The number of hydrogen-bond acceptors (Lipinski definition) is 13. The van der Waals surface area contributed by atoms with Crippen LogP contribution in [0.15, 0.2) is 24.8 Å². The van der Waals surface area contributed by atoms with Crippen LogP contribution in [0.1, 0.15) is 62.0 Å². The quantitative estimate of drug-likeness (QED) is 0.147. The molecule has 0 saturated carbocycles. The largest absolute Gasteiger partial charge is 0.467 e. The van der Waals surface area contributed by atoms with Gasteiger partial charge in [-0.2, -0.15) is 0 Å². The van der Waals surface area contributed by atoms with E-state index >= 15 is 0 Å². The first kappa shape index (κ1) is 35.9. The average Bonchev–Trinajstić information content (AvgIpc) is 2.92. The second-order valence-electron chi connectivity index (χ2n) is 10.5. The summed E-state index contributed by atoms with van der Waals surface area (Å²) in [6.07, 6.45) is -4.28. The minimum absolute atomic E-state index is 0.0928. The van der Waals surface area contributed by atoms with Gasteiger partial charge < -0.3 is 39.5 Å². The van der Waals surface area contributed by atoms with Crippen LogP contribution < -0.4 is 15.8 Å². The van der Waals surface area contributed by atoms with Gasteiger partial charge in [0.1, 0.15) is 18.0 Å². The minimum Gasteiger partial charge on any atom is -0.467 e. The van der Waals surface area contributed by atoms with Gasteiger partial charge in [-0.15, -0.1) is 6.58 Å². The van der Waals surface area contributed by atoms with Crippen LogP contribution in [-0.2, 0) is 47.7 Å². The molecule has 2 rings (SSSR count).